The fourth-order valence-corrected chi connectivity index (χ4v) is 6.29. The summed E-state index contributed by atoms with van der Waals surface area (Å²) in [4.78, 5) is 15.5. The molecular formula is C30H36FN9OSi. The molecule has 0 saturated carbocycles. The summed E-state index contributed by atoms with van der Waals surface area (Å²) in [6.07, 6.45) is 8.61. The van der Waals surface area contributed by atoms with Gasteiger partial charge in [-0.2, -0.15) is 15.6 Å². The monoisotopic (exact) mass is 585 g/mol. The molecule has 4 aromatic rings. The molecule has 2 unspecified atom stereocenters. The molecule has 5 rings (SSSR count). The third-order valence-electron chi connectivity index (χ3n) is 7.87. The van der Waals surface area contributed by atoms with Crippen molar-refractivity contribution in [2.75, 3.05) is 24.6 Å². The van der Waals surface area contributed by atoms with Crippen LogP contribution in [0.3, 0.4) is 0 Å². The van der Waals surface area contributed by atoms with E-state index in [4.69, 9.17) is 4.74 Å². The number of halogens is 1. The van der Waals surface area contributed by atoms with E-state index in [1.54, 1.807) is 24.8 Å². The van der Waals surface area contributed by atoms with Gasteiger partial charge in [-0.25, -0.2) is 19.3 Å². The van der Waals surface area contributed by atoms with Crippen molar-refractivity contribution >= 4 is 24.9 Å². The average molecular weight is 586 g/mol. The highest BCUT2D eigenvalue weighted by Gasteiger charge is 2.33. The highest BCUT2D eigenvalue weighted by atomic mass is 28.3. The van der Waals surface area contributed by atoms with Crippen molar-refractivity contribution in [3.8, 4) is 23.4 Å². The van der Waals surface area contributed by atoms with E-state index in [0.717, 1.165) is 41.4 Å². The van der Waals surface area contributed by atoms with Crippen LogP contribution in [-0.2, 0) is 11.5 Å². The van der Waals surface area contributed by atoms with E-state index >= 15 is 0 Å². The topological polar surface area (TPSA) is 121 Å². The van der Waals surface area contributed by atoms with Crippen LogP contribution in [0.15, 0.2) is 43.2 Å². The van der Waals surface area contributed by atoms with Gasteiger partial charge in [-0.1, -0.05) is 19.6 Å². The smallest absolute Gasteiger partial charge is 0.146 e. The van der Waals surface area contributed by atoms with Crippen molar-refractivity contribution in [2.24, 2.45) is 5.92 Å². The molecule has 1 aliphatic heterocycles. The third-order valence-corrected chi connectivity index (χ3v) is 9.57. The minimum Gasteiger partial charge on any atom is -0.361 e. The van der Waals surface area contributed by atoms with Gasteiger partial charge in [0.2, 0.25) is 0 Å². The first kappa shape index (κ1) is 29.4. The molecule has 12 heteroatoms. The van der Waals surface area contributed by atoms with E-state index in [9.17, 15) is 14.9 Å². The Balaban J connectivity index is 1.34. The minimum absolute atomic E-state index is 0.0945. The lowest BCUT2D eigenvalue weighted by Crippen LogP contribution is -2.26. The van der Waals surface area contributed by atoms with Crippen LogP contribution in [0, 0.1) is 28.6 Å². The summed E-state index contributed by atoms with van der Waals surface area (Å²) in [6, 6.07) is 8.95. The van der Waals surface area contributed by atoms with Gasteiger partial charge < -0.3 is 14.2 Å². The number of alkyl halides is 1. The summed E-state index contributed by atoms with van der Waals surface area (Å²) in [5.74, 6) is 0.591. The molecule has 218 valence electrons. The van der Waals surface area contributed by atoms with Crippen molar-refractivity contribution in [1.29, 1.82) is 10.5 Å². The second-order valence-electron chi connectivity index (χ2n) is 12.1. The second-order valence-corrected chi connectivity index (χ2v) is 17.7. The van der Waals surface area contributed by atoms with Gasteiger partial charge in [0.25, 0.3) is 0 Å². The average Bonchev–Trinajstić information content (AvgIpc) is 3.73. The lowest BCUT2D eigenvalue weighted by molar-refractivity contribution is 0.0899. The lowest BCUT2D eigenvalue weighted by atomic mass is 9.96. The first-order chi connectivity index (χ1) is 20.2. The molecule has 1 aliphatic rings. The van der Waals surface area contributed by atoms with Crippen molar-refractivity contribution in [1.82, 2.24) is 29.3 Å². The normalized spacial score (nSPS) is 16.8. The Bertz CT molecular complexity index is 1630. The molecule has 0 spiro atoms. The van der Waals surface area contributed by atoms with E-state index in [0.29, 0.717) is 31.2 Å². The van der Waals surface area contributed by atoms with Gasteiger partial charge in [-0.05, 0) is 31.5 Å². The summed E-state index contributed by atoms with van der Waals surface area (Å²) < 4.78 is 24.0. The first-order valence-electron chi connectivity index (χ1n) is 14.3. The van der Waals surface area contributed by atoms with Crippen molar-refractivity contribution in [3.05, 3.63) is 54.4 Å². The summed E-state index contributed by atoms with van der Waals surface area (Å²) in [5, 5.41) is 25.0. The van der Waals surface area contributed by atoms with Crippen LogP contribution in [0.1, 0.15) is 43.1 Å². The molecule has 1 saturated heterocycles. The summed E-state index contributed by atoms with van der Waals surface area (Å²) >= 11 is 0. The molecule has 0 amide bonds. The van der Waals surface area contributed by atoms with Gasteiger partial charge in [-0.3, -0.25) is 4.68 Å². The Morgan fingerprint density at radius 3 is 2.76 bits per heavy atom. The third kappa shape index (κ3) is 6.20. The van der Waals surface area contributed by atoms with Gasteiger partial charge in [0.15, 0.2) is 0 Å². The molecule has 0 N–H and O–H groups in total. The molecule has 10 nitrogen and oxygen atoms in total. The number of rotatable bonds is 11. The van der Waals surface area contributed by atoms with Gasteiger partial charge >= 0.3 is 0 Å². The molecule has 1 fully saturated rings. The Hall–Kier alpha value is -4.13. The number of nitrogens with zero attached hydrogens (tertiary/aromatic N) is 9. The molecule has 0 aromatic carbocycles. The first-order valence-corrected chi connectivity index (χ1v) is 18.0. The van der Waals surface area contributed by atoms with Crippen molar-refractivity contribution in [3.63, 3.8) is 0 Å². The van der Waals surface area contributed by atoms with E-state index < -0.39 is 14.2 Å². The number of ether oxygens (including phenoxy) is 1. The number of aromatic nitrogens is 6. The maximum atomic E-state index is 14.2. The van der Waals surface area contributed by atoms with E-state index in [1.807, 2.05) is 32.6 Å². The molecule has 0 aliphatic carbocycles. The molecule has 42 heavy (non-hydrogen) atoms. The standard InChI is InChI=1S/C30H36FN9OSi/c1-21(31)24-6-10-34-30(26(24)15-33)38-11-7-22(17-38)27(5-9-32)40-18-23(16-37-40)28-25-8-12-39(29(25)36-19-35-28)20-41-13-14-42(2,3)4/h6,8,10,12,16,18-19,21-22,27H,5,7,11,13-14,17,20H2,1-4H3/t21?,22?,27-/m0/s1. The van der Waals surface area contributed by atoms with E-state index in [1.165, 1.54) is 6.92 Å². The number of nitriles is 2. The molecule has 5 heterocycles. The van der Waals surface area contributed by atoms with Crippen LogP contribution in [-0.4, -0.2) is 57.1 Å². The van der Waals surface area contributed by atoms with Crippen molar-refractivity contribution in [2.45, 2.75) is 64.4 Å². The van der Waals surface area contributed by atoms with Crippen LogP contribution in [0.25, 0.3) is 22.3 Å². The summed E-state index contributed by atoms with van der Waals surface area (Å²) in [5.41, 5.74) is 3.03. The predicted octanol–water partition coefficient (Wildman–Crippen LogP) is 5.89. The maximum absolute atomic E-state index is 14.2. The SMILES string of the molecule is CC(F)c1ccnc(N2CCC([C@H](CC#N)n3cc(-c4ncnc5c4ccn5COCC[Si](C)(C)C)cn3)C2)c1C#N. The number of hydrogen-bond donors (Lipinski definition) is 0. The number of anilines is 1. The summed E-state index contributed by atoms with van der Waals surface area (Å²) in [6.45, 7) is 10.8. The second kappa shape index (κ2) is 12.4. The highest BCUT2D eigenvalue weighted by Crippen LogP contribution is 2.36. The van der Waals surface area contributed by atoms with Crippen LogP contribution in [0.4, 0.5) is 10.2 Å². The van der Waals surface area contributed by atoms with E-state index in [-0.39, 0.29) is 23.9 Å². The molecule has 0 bridgehead atoms. The quantitative estimate of drug-likeness (QED) is 0.158. The Labute approximate surface area is 246 Å². The fraction of sp³-hybridized carbons (Fsp3) is 0.467. The zero-order chi connectivity index (χ0) is 29.9. The highest BCUT2D eigenvalue weighted by molar-refractivity contribution is 6.76. The van der Waals surface area contributed by atoms with Gasteiger partial charge in [0.1, 0.15) is 42.3 Å². The van der Waals surface area contributed by atoms with Crippen LogP contribution >= 0.6 is 0 Å². The maximum Gasteiger partial charge on any atom is 0.146 e. The number of pyridine rings is 1. The fourth-order valence-electron chi connectivity index (χ4n) is 5.54. The molecule has 0 radical (unpaired) electrons. The predicted molar refractivity (Wildman–Crippen MR) is 161 cm³/mol. The van der Waals surface area contributed by atoms with E-state index in [2.05, 4.69) is 51.8 Å². The zero-order valence-corrected chi connectivity index (χ0v) is 25.5. The van der Waals surface area contributed by atoms with Crippen LogP contribution in [0.2, 0.25) is 25.7 Å². The largest absolute Gasteiger partial charge is 0.361 e. The molecule has 3 atom stereocenters. The number of hydrogen-bond acceptors (Lipinski definition) is 8. The van der Waals surface area contributed by atoms with Gasteiger partial charge in [-0.15, -0.1) is 0 Å². The Morgan fingerprint density at radius 1 is 1.19 bits per heavy atom. The summed E-state index contributed by atoms with van der Waals surface area (Å²) in [7, 11) is -1.16. The van der Waals surface area contributed by atoms with Crippen LogP contribution in [0.5, 0.6) is 0 Å². The van der Waals surface area contributed by atoms with Gasteiger partial charge in [0.05, 0.1) is 30.4 Å². The minimum atomic E-state index is -1.26. The van der Waals surface area contributed by atoms with Crippen molar-refractivity contribution < 1.29 is 9.13 Å². The zero-order valence-electron chi connectivity index (χ0n) is 24.5. The molecule has 4 aromatic heterocycles. The Kier molecular flexibility index (Phi) is 8.66. The molecular weight excluding hydrogens is 549 g/mol. The lowest BCUT2D eigenvalue weighted by Gasteiger charge is -2.24. The number of fused-ring (bicyclic) bond motifs is 1. The Morgan fingerprint density at radius 2 is 2.02 bits per heavy atom. The van der Waals surface area contributed by atoms with Crippen LogP contribution < -0.4 is 4.90 Å². The van der Waals surface area contributed by atoms with Gasteiger partial charge in [0, 0.05) is 68.8 Å².